The monoisotopic (exact) mass is 272 g/mol. The van der Waals surface area contributed by atoms with Crippen LogP contribution in [0.5, 0.6) is 0 Å². The predicted molar refractivity (Wildman–Crippen MR) is 82.4 cm³/mol. The summed E-state index contributed by atoms with van der Waals surface area (Å²) >= 11 is 0. The Hall–Kier alpha value is -1.58. The van der Waals surface area contributed by atoms with Crippen LogP contribution in [0.25, 0.3) is 0 Å². The Kier molecular flexibility index (Phi) is 4.31. The SMILES string of the molecule is Cc1ccoc1C(Cc1ccc(C(C)(C)C)cc1)NN. The fraction of sp³-hybridized carbons (Fsp3) is 0.412. The van der Waals surface area contributed by atoms with Gasteiger partial charge in [-0.15, -0.1) is 0 Å². The van der Waals surface area contributed by atoms with Crippen LogP contribution in [0.1, 0.15) is 49.3 Å². The summed E-state index contributed by atoms with van der Waals surface area (Å²) < 4.78 is 5.53. The van der Waals surface area contributed by atoms with Crippen LogP contribution in [0.15, 0.2) is 41.0 Å². The lowest BCUT2D eigenvalue weighted by Crippen LogP contribution is -2.29. The third-order valence-corrected chi connectivity index (χ3v) is 3.68. The second-order valence-electron chi connectivity index (χ2n) is 6.34. The van der Waals surface area contributed by atoms with Crippen molar-refractivity contribution in [2.24, 2.45) is 5.84 Å². The number of benzene rings is 1. The van der Waals surface area contributed by atoms with Crippen LogP contribution in [0.4, 0.5) is 0 Å². The molecule has 0 fully saturated rings. The fourth-order valence-electron chi connectivity index (χ4n) is 2.35. The van der Waals surface area contributed by atoms with Crippen LogP contribution in [-0.2, 0) is 11.8 Å². The second kappa shape index (κ2) is 5.81. The highest BCUT2D eigenvalue weighted by atomic mass is 16.3. The number of hydrogen-bond acceptors (Lipinski definition) is 3. The van der Waals surface area contributed by atoms with Crippen LogP contribution >= 0.6 is 0 Å². The molecule has 0 spiro atoms. The molecular formula is C17H24N2O. The zero-order chi connectivity index (χ0) is 14.8. The van der Waals surface area contributed by atoms with Crippen LogP contribution in [0.2, 0.25) is 0 Å². The van der Waals surface area contributed by atoms with Gasteiger partial charge in [-0.05, 0) is 41.5 Å². The molecule has 1 heterocycles. The van der Waals surface area contributed by atoms with Gasteiger partial charge in [-0.2, -0.15) is 0 Å². The minimum absolute atomic E-state index is 0.00508. The van der Waals surface area contributed by atoms with Crippen molar-refractivity contribution in [1.82, 2.24) is 5.43 Å². The molecule has 0 aliphatic rings. The molecule has 0 bridgehead atoms. The van der Waals surface area contributed by atoms with Gasteiger partial charge in [0.2, 0.25) is 0 Å². The van der Waals surface area contributed by atoms with E-state index in [-0.39, 0.29) is 11.5 Å². The van der Waals surface area contributed by atoms with Gasteiger partial charge in [0.25, 0.3) is 0 Å². The zero-order valence-electron chi connectivity index (χ0n) is 12.7. The van der Waals surface area contributed by atoms with Gasteiger partial charge in [0.15, 0.2) is 0 Å². The number of furan rings is 1. The van der Waals surface area contributed by atoms with Gasteiger partial charge in [-0.3, -0.25) is 5.84 Å². The number of rotatable bonds is 4. The first-order valence-electron chi connectivity index (χ1n) is 7.01. The van der Waals surface area contributed by atoms with E-state index in [4.69, 9.17) is 10.3 Å². The average Bonchev–Trinajstić information content (AvgIpc) is 2.82. The van der Waals surface area contributed by atoms with E-state index in [2.05, 4.69) is 50.5 Å². The zero-order valence-corrected chi connectivity index (χ0v) is 12.7. The minimum Gasteiger partial charge on any atom is -0.467 e. The largest absolute Gasteiger partial charge is 0.467 e. The Morgan fingerprint density at radius 3 is 2.25 bits per heavy atom. The smallest absolute Gasteiger partial charge is 0.125 e. The summed E-state index contributed by atoms with van der Waals surface area (Å²) in [6.07, 6.45) is 2.52. The molecule has 0 radical (unpaired) electrons. The van der Waals surface area contributed by atoms with E-state index in [0.29, 0.717) is 0 Å². The highest BCUT2D eigenvalue weighted by molar-refractivity contribution is 5.29. The molecule has 1 atom stereocenters. The molecule has 3 heteroatoms. The Balaban J connectivity index is 2.15. The molecule has 108 valence electrons. The summed E-state index contributed by atoms with van der Waals surface area (Å²) in [6, 6.07) is 10.7. The number of nitrogens with one attached hydrogen (secondary N) is 1. The van der Waals surface area contributed by atoms with Crippen LogP contribution < -0.4 is 11.3 Å². The summed E-state index contributed by atoms with van der Waals surface area (Å²) in [5.41, 5.74) is 6.74. The molecule has 0 saturated heterocycles. The molecule has 20 heavy (non-hydrogen) atoms. The van der Waals surface area contributed by atoms with Crippen molar-refractivity contribution in [3.63, 3.8) is 0 Å². The topological polar surface area (TPSA) is 51.2 Å². The quantitative estimate of drug-likeness (QED) is 0.660. The van der Waals surface area contributed by atoms with Crippen molar-refractivity contribution >= 4 is 0 Å². The standard InChI is InChI=1S/C17H24N2O/c1-12-9-10-20-16(12)15(19-18)11-13-5-7-14(8-6-13)17(2,3)4/h5-10,15,19H,11,18H2,1-4H3. The molecule has 1 aromatic heterocycles. The lowest BCUT2D eigenvalue weighted by molar-refractivity contribution is 0.413. The molecule has 0 saturated carbocycles. The number of aryl methyl sites for hydroxylation is 1. The van der Waals surface area contributed by atoms with E-state index in [9.17, 15) is 0 Å². The number of hydrazine groups is 1. The van der Waals surface area contributed by atoms with Gasteiger partial charge in [-0.1, -0.05) is 45.0 Å². The van der Waals surface area contributed by atoms with Gasteiger partial charge >= 0.3 is 0 Å². The predicted octanol–water partition coefficient (Wildman–Crippen LogP) is 3.63. The van der Waals surface area contributed by atoms with Crippen molar-refractivity contribution in [2.75, 3.05) is 0 Å². The molecule has 3 N–H and O–H groups in total. The summed E-state index contributed by atoms with van der Waals surface area (Å²) in [5, 5.41) is 0. The first-order chi connectivity index (χ1) is 9.41. The summed E-state index contributed by atoms with van der Waals surface area (Å²) in [6.45, 7) is 8.70. The Bertz CT molecular complexity index is 549. The van der Waals surface area contributed by atoms with E-state index in [0.717, 1.165) is 17.7 Å². The molecule has 2 rings (SSSR count). The van der Waals surface area contributed by atoms with Gasteiger partial charge < -0.3 is 4.42 Å². The molecule has 1 aromatic carbocycles. The van der Waals surface area contributed by atoms with E-state index in [1.165, 1.54) is 11.1 Å². The van der Waals surface area contributed by atoms with Gasteiger partial charge in [0.05, 0.1) is 12.3 Å². The van der Waals surface area contributed by atoms with Crippen molar-refractivity contribution < 1.29 is 4.42 Å². The second-order valence-corrected chi connectivity index (χ2v) is 6.34. The first kappa shape index (κ1) is 14.8. The maximum absolute atomic E-state index is 5.67. The van der Waals surface area contributed by atoms with Crippen molar-refractivity contribution in [3.8, 4) is 0 Å². The normalized spacial score (nSPS) is 13.4. The molecule has 3 nitrogen and oxygen atoms in total. The summed E-state index contributed by atoms with van der Waals surface area (Å²) in [5.74, 6) is 6.58. The highest BCUT2D eigenvalue weighted by Crippen LogP contribution is 2.25. The summed E-state index contributed by atoms with van der Waals surface area (Å²) in [4.78, 5) is 0. The first-order valence-corrected chi connectivity index (χ1v) is 7.01. The van der Waals surface area contributed by atoms with Crippen LogP contribution in [0.3, 0.4) is 0 Å². The number of hydrogen-bond donors (Lipinski definition) is 2. The highest BCUT2D eigenvalue weighted by Gasteiger charge is 2.17. The average molecular weight is 272 g/mol. The molecule has 0 aliphatic heterocycles. The Morgan fingerprint density at radius 2 is 1.80 bits per heavy atom. The van der Waals surface area contributed by atoms with Crippen molar-refractivity contribution in [2.45, 2.75) is 45.6 Å². The Labute approximate surface area is 121 Å². The fourth-order valence-corrected chi connectivity index (χ4v) is 2.35. The maximum atomic E-state index is 5.67. The maximum Gasteiger partial charge on any atom is 0.125 e. The van der Waals surface area contributed by atoms with Crippen molar-refractivity contribution in [3.05, 3.63) is 59.0 Å². The van der Waals surface area contributed by atoms with Gasteiger partial charge in [0, 0.05) is 0 Å². The van der Waals surface area contributed by atoms with E-state index in [1.54, 1.807) is 6.26 Å². The Morgan fingerprint density at radius 1 is 1.15 bits per heavy atom. The third kappa shape index (κ3) is 3.30. The number of nitrogens with two attached hydrogens (primary N) is 1. The molecule has 2 aromatic rings. The summed E-state index contributed by atoms with van der Waals surface area (Å²) in [7, 11) is 0. The minimum atomic E-state index is 0.00508. The molecule has 1 unspecified atom stereocenters. The molecule has 0 aliphatic carbocycles. The third-order valence-electron chi connectivity index (χ3n) is 3.68. The lowest BCUT2D eigenvalue weighted by atomic mass is 9.86. The van der Waals surface area contributed by atoms with Crippen molar-refractivity contribution in [1.29, 1.82) is 0 Å². The van der Waals surface area contributed by atoms with E-state index < -0.39 is 0 Å². The van der Waals surface area contributed by atoms with E-state index in [1.807, 2.05) is 13.0 Å². The van der Waals surface area contributed by atoms with Crippen LogP contribution in [0, 0.1) is 6.92 Å². The van der Waals surface area contributed by atoms with Gasteiger partial charge in [0.1, 0.15) is 5.76 Å². The van der Waals surface area contributed by atoms with E-state index >= 15 is 0 Å². The molecular weight excluding hydrogens is 248 g/mol. The lowest BCUT2D eigenvalue weighted by Gasteiger charge is -2.20. The van der Waals surface area contributed by atoms with Crippen LogP contribution in [-0.4, -0.2) is 0 Å². The molecule has 0 amide bonds. The van der Waals surface area contributed by atoms with Gasteiger partial charge in [-0.25, -0.2) is 5.43 Å².